The Morgan fingerprint density at radius 2 is 1.35 bits per heavy atom. The zero-order valence-electron chi connectivity index (χ0n) is 20.8. The van der Waals surface area contributed by atoms with Crippen LogP contribution in [0.4, 0.5) is 0 Å². The molecule has 6 heteroatoms. The van der Waals surface area contributed by atoms with E-state index >= 15 is 0 Å². The van der Waals surface area contributed by atoms with Gasteiger partial charge in [0.05, 0.1) is 17.5 Å². The first kappa shape index (κ1) is 25.7. The second kappa shape index (κ2) is 10.5. The van der Waals surface area contributed by atoms with Crippen LogP contribution in [-0.4, -0.2) is 25.2 Å². The van der Waals surface area contributed by atoms with Gasteiger partial charge in [-0.15, -0.1) is 0 Å². The van der Waals surface area contributed by atoms with Gasteiger partial charge in [0.2, 0.25) is 15.9 Å². The first-order valence-corrected chi connectivity index (χ1v) is 12.9. The van der Waals surface area contributed by atoms with Crippen LogP contribution in [0.25, 0.3) is 0 Å². The fraction of sp³-hybridized carbons (Fsp3) is 0.321. The minimum atomic E-state index is -3.87. The summed E-state index contributed by atoms with van der Waals surface area (Å²) in [5, 5.41) is 3.00. The van der Waals surface area contributed by atoms with Crippen LogP contribution in [0.1, 0.15) is 51.9 Å². The lowest BCUT2D eigenvalue weighted by molar-refractivity contribution is -0.122. The van der Waals surface area contributed by atoms with Gasteiger partial charge in [-0.2, -0.15) is 4.31 Å². The monoisotopic (exact) mass is 478 g/mol. The van der Waals surface area contributed by atoms with E-state index in [9.17, 15) is 13.2 Å². The predicted molar refractivity (Wildman–Crippen MR) is 137 cm³/mol. The predicted octanol–water partition coefficient (Wildman–Crippen LogP) is 5.30. The molecule has 0 aromatic heterocycles. The van der Waals surface area contributed by atoms with Crippen molar-refractivity contribution in [2.75, 3.05) is 6.54 Å². The maximum atomic E-state index is 13.5. The zero-order valence-corrected chi connectivity index (χ0v) is 21.7. The van der Waals surface area contributed by atoms with Crippen molar-refractivity contribution < 1.29 is 13.2 Å². The number of amides is 1. The molecule has 0 heterocycles. The zero-order chi connectivity index (χ0) is 25.0. The van der Waals surface area contributed by atoms with Crippen molar-refractivity contribution in [3.05, 3.63) is 99.6 Å². The maximum Gasteiger partial charge on any atom is 0.243 e. The molecule has 0 aliphatic heterocycles. The van der Waals surface area contributed by atoms with Gasteiger partial charge < -0.3 is 5.32 Å². The van der Waals surface area contributed by atoms with E-state index in [4.69, 9.17) is 0 Å². The quantitative estimate of drug-likeness (QED) is 0.478. The normalized spacial score (nSPS) is 12.6. The number of aryl methyl sites for hydroxylation is 5. The summed E-state index contributed by atoms with van der Waals surface area (Å²) in [6.07, 6.45) is 0. The van der Waals surface area contributed by atoms with Gasteiger partial charge in [-0.1, -0.05) is 59.7 Å². The first-order valence-electron chi connectivity index (χ1n) is 11.5. The van der Waals surface area contributed by atoms with Crippen molar-refractivity contribution in [3.8, 4) is 0 Å². The second-order valence-corrected chi connectivity index (χ2v) is 11.1. The van der Waals surface area contributed by atoms with Gasteiger partial charge in [0, 0.05) is 6.54 Å². The molecule has 180 valence electrons. The van der Waals surface area contributed by atoms with Crippen LogP contribution in [0.3, 0.4) is 0 Å². The molecule has 3 rings (SSSR count). The molecule has 0 aliphatic rings. The van der Waals surface area contributed by atoms with Crippen molar-refractivity contribution in [2.24, 2.45) is 0 Å². The molecule has 0 radical (unpaired) electrons. The molecule has 0 spiro atoms. The number of rotatable bonds is 8. The molecule has 0 saturated heterocycles. The van der Waals surface area contributed by atoms with Crippen LogP contribution in [-0.2, 0) is 21.4 Å². The Morgan fingerprint density at radius 1 is 0.824 bits per heavy atom. The maximum absolute atomic E-state index is 13.5. The largest absolute Gasteiger partial charge is 0.348 e. The van der Waals surface area contributed by atoms with Crippen LogP contribution in [0.5, 0.6) is 0 Å². The molecule has 3 aromatic rings. The third-order valence-electron chi connectivity index (χ3n) is 6.18. The summed E-state index contributed by atoms with van der Waals surface area (Å²) in [6, 6.07) is 18.3. The van der Waals surface area contributed by atoms with E-state index in [2.05, 4.69) is 24.4 Å². The number of carbonyl (C=O) groups is 1. The number of sulfonamides is 1. The Labute approximate surface area is 203 Å². The molecule has 0 aliphatic carbocycles. The molecule has 1 unspecified atom stereocenters. The molecular formula is C28H34N2O3S. The molecule has 1 N–H and O–H groups in total. The van der Waals surface area contributed by atoms with Crippen molar-refractivity contribution in [3.63, 3.8) is 0 Å². The van der Waals surface area contributed by atoms with Crippen molar-refractivity contribution >= 4 is 15.9 Å². The van der Waals surface area contributed by atoms with Crippen molar-refractivity contribution in [1.29, 1.82) is 0 Å². The molecule has 0 saturated carbocycles. The van der Waals surface area contributed by atoms with E-state index in [0.29, 0.717) is 0 Å². The van der Waals surface area contributed by atoms with Gasteiger partial charge in [0.25, 0.3) is 0 Å². The van der Waals surface area contributed by atoms with E-state index in [1.54, 1.807) is 24.3 Å². The topological polar surface area (TPSA) is 66.5 Å². The average Bonchev–Trinajstić information content (AvgIpc) is 2.77. The highest BCUT2D eigenvalue weighted by molar-refractivity contribution is 7.89. The van der Waals surface area contributed by atoms with Crippen molar-refractivity contribution in [1.82, 2.24) is 9.62 Å². The highest BCUT2D eigenvalue weighted by Crippen LogP contribution is 2.23. The fourth-order valence-corrected chi connectivity index (χ4v) is 5.34. The average molecular weight is 479 g/mol. The summed E-state index contributed by atoms with van der Waals surface area (Å²) < 4.78 is 28.2. The van der Waals surface area contributed by atoms with Crippen LogP contribution < -0.4 is 5.32 Å². The smallest absolute Gasteiger partial charge is 0.243 e. The Bertz CT molecular complexity index is 1260. The SMILES string of the molecule is Cc1ccc(CN(CC(=O)NC(C)c2cc(C)c(C)cc2C)S(=O)(=O)c2ccc(C)cc2)cc1. The molecule has 1 atom stereocenters. The van der Waals surface area contributed by atoms with Crippen LogP contribution in [0, 0.1) is 34.6 Å². The number of hydrogen-bond donors (Lipinski definition) is 1. The Balaban J connectivity index is 1.85. The lowest BCUT2D eigenvalue weighted by Crippen LogP contribution is -2.41. The molecule has 0 bridgehead atoms. The molecular weight excluding hydrogens is 444 g/mol. The summed E-state index contributed by atoms with van der Waals surface area (Å²) in [6.45, 7) is 11.8. The van der Waals surface area contributed by atoms with Crippen LogP contribution >= 0.6 is 0 Å². The molecule has 5 nitrogen and oxygen atoms in total. The highest BCUT2D eigenvalue weighted by atomic mass is 32.2. The summed E-state index contributed by atoms with van der Waals surface area (Å²) in [7, 11) is -3.87. The number of nitrogens with zero attached hydrogens (tertiary/aromatic N) is 1. The number of carbonyl (C=O) groups excluding carboxylic acids is 1. The summed E-state index contributed by atoms with van der Waals surface area (Å²) in [5.74, 6) is -0.340. The summed E-state index contributed by atoms with van der Waals surface area (Å²) in [4.78, 5) is 13.2. The summed E-state index contributed by atoms with van der Waals surface area (Å²) in [5.41, 5.74) is 7.37. The lowest BCUT2D eigenvalue weighted by atomic mass is 9.96. The van der Waals surface area contributed by atoms with Crippen LogP contribution in [0.2, 0.25) is 0 Å². The van der Waals surface area contributed by atoms with E-state index in [1.807, 2.05) is 58.9 Å². The Morgan fingerprint density at radius 3 is 1.94 bits per heavy atom. The third kappa shape index (κ3) is 6.13. The van der Waals surface area contributed by atoms with Gasteiger partial charge in [-0.05, 0) is 81.5 Å². The first-order chi connectivity index (χ1) is 16.0. The lowest BCUT2D eigenvalue weighted by Gasteiger charge is -2.24. The molecule has 1 amide bonds. The Hall–Kier alpha value is -2.96. The fourth-order valence-electron chi connectivity index (χ4n) is 3.96. The number of hydrogen-bond acceptors (Lipinski definition) is 3. The number of benzene rings is 3. The third-order valence-corrected chi connectivity index (χ3v) is 7.99. The van der Waals surface area contributed by atoms with Gasteiger partial charge in [0.15, 0.2) is 0 Å². The molecule has 34 heavy (non-hydrogen) atoms. The van der Waals surface area contributed by atoms with Crippen molar-refractivity contribution in [2.45, 2.75) is 59.0 Å². The minimum absolute atomic E-state index is 0.112. The Kier molecular flexibility index (Phi) is 7.95. The molecule has 0 fully saturated rings. The molecule has 3 aromatic carbocycles. The highest BCUT2D eigenvalue weighted by Gasteiger charge is 2.27. The van der Waals surface area contributed by atoms with E-state index in [0.717, 1.165) is 33.4 Å². The minimum Gasteiger partial charge on any atom is -0.348 e. The van der Waals surface area contributed by atoms with Gasteiger partial charge in [-0.25, -0.2) is 8.42 Å². The standard InChI is InChI=1S/C28H34N2O3S/c1-19-7-11-25(12-8-19)17-30(34(32,33)26-13-9-20(2)10-14-26)18-28(31)29-24(6)27-16-22(4)21(3)15-23(27)5/h7-16,24H,17-18H2,1-6H3,(H,29,31). The van der Waals surface area contributed by atoms with Gasteiger partial charge in [0.1, 0.15) is 0 Å². The van der Waals surface area contributed by atoms with E-state index < -0.39 is 10.0 Å². The summed E-state index contributed by atoms with van der Waals surface area (Å²) >= 11 is 0. The number of nitrogens with one attached hydrogen (secondary N) is 1. The van der Waals surface area contributed by atoms with Crippen LogP contribution in [0.15, 0.2) is 65.6 Å². The van der Waals surface area contributed by atoms with E-state index in [1.165, 1.54) is 9.87 Å². The van der Waals surface area contributed by atoms with Gasteiger partial charge in [-0.3, -0.25) is 4.79 Å². The van der Waals surface area contributed by atoms with E-state index in [-0.39, 0.29) is 29.9 Å². The second-order valence-electron chi connectivity index (χ2n) is 9.15. The van der Waals surface area contributed by atoms with Gasteiger partial charge >= 0.3 is 0 Å².